The van der Waals surface area contributed by atoms with Crippen molar-refractivity contribution in [2.24, 2.45) is 0 Å². The third-order valence-electron chi connectivity index (χ3n) is 6.76. The van der Waals surface area contributed by atoms with Crippen LogP contribution in [0.25, 0.3) is 32.8 Å². The van der Waals surface area contributed by atoms with Crippen LogP contribution in [0.2, 0.25) is 0 Å². The van der Waals surface area contributed by atoms with Gasteiger partial charge in [0.2, 0.25) is 0 Å². The average Bonchev–Trinajstić information content (AvgIpc) is 2.87. The van der Waals surface area contributed by atoms with Gasteiger partial charge in [-0.25, -0.2) is 0 Å². The van der Waals surface area contributed by atoms with Gasteiger partial charge in [-0.2, -0.15) is 0 Å². The quantitative estimate of drug-likeness (QED) is 0.253. The summed E-state index contributed by atoms with van der Waals surface area (Å²) in [5.74, 6) is 0. The highest BCUT2D eigenvalue weighted by molar-refractivity contribution is 9.10. The minimum absolute atomic E-state index is 0.542. The summed E-state index contributed by atoms with van der Waals surface area (Å²) in [5, 5.41) is 15.8. The van der Waals surface area contributed by atoms with Gasteiger partial charge in [-0.05, 0) is 67.5 Å². The normalized spacial score (nSPS) is 13.4. The molecule has 0 radical (unpaired) electrons. The summed E-state index contributed by atoms with van der Waals surface area (Å²) in [6, 6.07) is 31.1. The minimum Gasteiger partial charge on any atom is -0.380 e. The molecule has 0 saturated carbocycles. The van der Waals surface area contributed by atoms with E-state index in [9.17, 15) is 5.11 Å². The summed E-state index contributed by atoms with van der Waals surface area (Å²) in [7, 11) is 4.08. The Morgan fingerprint density at radius 2 is 1.54 bits per heavy atom. The van der Waals surface area contributed by atoms with Crippen molar-refractivity contribution in [3.63, 3.8) is 0 Å². The number of rotatable bonds is 6. The molecule has 5 rings (SSSR count). The summed E-state index contributed by atoms with van der Waals surface area (Å²) < 4.78 is 0.924. The topological polar surface area (TPSA) is 36.4 Å². The van der Waals surface area contributed by atoms with Gasteiger partial charge in [-0.15, -0.1) is 0 Å². The maximum atomic E-state index is 12.6. The number of aryl methyl sites for hydroxylation is 1. The molecule has 5 aromatic rings. The molecule has 4 aromatic carbocycles. The van der Waals surface area contributed by atoms with Crippen LogP contribution in [0.15, 0.2) is 95.5 Å². The summed E-state index contributed by atoms with van der Waals surface area (Å²) in [6.45, 7) is 2.78. The lowest BCUT2D eigenvalue weighted by molar-refractivity contribution is 0.0656. The van der Waals surface area contributed by atoms with Crippen LogP contribution in [0.3, 0.4) is 0 Å². The lowest BCUT2D eigenvalue weighted by atomic mass is 9.80. The molecule has 4 heteroatoms. The van der Waals surface area contributed by atoms with Crippen molar-refractivity contribution < 1.29 is 5.11 Å². The Kier molecular flexibility index (Phi) is 6.45. The van der Waals surface area contributed by atoms with E-state index in [-0.39, 0.29) is 0 Å². The number of benzene rings is 4. The third-order valence-corrected chi connectivity index (χ3v) is 7.22. The van der Waals surface area contributed by atoms with Crippen LogP contribution in [0.5, 0.6) is 0 Å². The molecule has 3 nitrogen and oxygen atoms in total. The standard InChI is InChI=1S/C31H29BrN2O/c1-21-27(23-10-5-4-6-11-23)19-24-18-25(32)20-29(30(24)33-21)31(35,16-17-34(2)3)28-15-9-13-22-12-7-8-14-26(22)28/h4-15,18-20,35H,16-17H2,1-3H3. The zero-order valence-corrected chi connectivity index (χ0v) is 21.9. The van der Waals surface area contributed by atoms with Crippen LogP contribution in [0.4, 0.5) is 0 Å². The van der Waals surface area contributed by atoms with Crippen LogP contribution in [-0.4, -0.2) is 35.6 Å². The summed E-state index contributed by atoms with van der Waals surface area (Å²) in [5.41, 5.74) is 4.52. The van der Waals surface area contributed by atoms with E-state index in [1.165, 1.54) is 0 Å². The molecule has 0 spiro atoms. The SMILES string of the molecule is Cc1nc2c(C(O)(CCN(C)C)c3cccc4ccccc34)cc(Br)cc2cc1-c1ccccc1. The number of fused-ring (bicyclic) bond motifs is 2. The zero-order chi connectivity index (χ0) is 24.6. The van der Waals surface area contributed by atoms with Crippen LogP contribution in [-0.2, 0) is 5.60 Å². The molecule has 0 fully saturated rings. The van der Waals surface area contributed by atoms with Gasteiger partial charge >= 0.3 is 0 Å². The second kappa shape index (κ2) is 9.54. The molecule has 0 aliphatic carbocycles. The van der Waals surface area contributed by atoms with Gasteiger partial charge in [0.15, 0.2) is 0 Å². The first-order valence-corrected chi connectivity index (χ1v) is 12.7. The summed E-state index contributed by atoms with van der Waals surface area (Å²) in [6.07, 6.45) is 0.542. The van der Waals surface area contributed by atoms with Crippen LogP contribution < -0.4 is 0 Å². The van der Waals surface area contributed by atoms with Gasteiger partial charge < -0.3 is 10.0 Å². The number of hydrogen-bond donors (Lipinski definition) is 1. The van der Waals surface area contributed by atoms with Crippen molar-refractivity contribution in [1.29, 1.82) is 0 Å². The number of aromatic nitrogens is 1. The Morgan fingerprint density at radius 3 is 2.31 bits per heavy atom. The van der Waals surface area contributed by atoms with Gasteiger partial charge in [-0.1, -0.05) is 88.7 Å². The van der Waals surface area contributed by atoms with Crippen LogP contribution >= 0.6 is 15.9 Å². The Hall–Kier alpha value is -3.05. The van der Waals surface area contributed by atoms with Gasteiger partial charge in [0.25, 0.3) is 0 Å². The molecule has 0 bridgehead atoms. The maximum Gasteiger partial charge on any atom is 0.119 e. The van der Waals surface area contributed by atoms with Gasteiger partial charge in [0, 0.05) is 33.2 Å². The van der Waals surface area contributed by atoms with E-state index in [4.69, 9.17) is 4.98 Å². The van der Waals surface area contributed by atoms with Crippen LogP contribution in [0.1, 0.15) is 23.2 Å². The lowest BCUT2D eigenvalue weighted by Gasteiger charge is -2.33. The molecule has 0 amide bonds. The molecule has 1 aromatic heterocycles. The predicted molar refractivity (Wildman–Crippen MR) is 150 cm³/mol. The fourth-order valence-corrected chi connectivity index (χ4v) is 5.43. The molecule has 0 aliphatic rings. The first-order chi connectivity index (χ1) is 16.9. The Bertz CT molecular complexity index is 1510. The molecule has 1 heterocycles. The highest BCUT2D eigenvalue weighted by Crippen LogP contribution is 2.42. The first kappa shape index (κ1) is 23.7. The molecule has 0 saturated heterocycles. The van der Waals surface area contributed by atoms with E-state index in [0.29, 0.717) is 6.42 Å². The van der Waals surface area contributed by atoms with Crippen molar-refractivity contribution in [1.82, 2.24) is 9.88 Å². The third kappa shape index (κ3) is 4.50. The number of hydrogen-bond acceptors (Lipinski definition) is 3. The minimum atomic E-state index is -1.22. The number of nitrogens with zero attached hydrogens (tertiary/aromatic N) is 2. The fourth-order valence-electron chi connectivity index (χ4n) is 4.95. The molecule has 1 N–H and O–H groups in total. The number of pyridine rings is 1. The van der Waals surface area contributed by atoms with Crippen molar-refractivity contribution in [2.45, 2.75) is 18.9 Å². The summed E-state index contributed by atoms with van der Waals surface area (Å²) >= 11 is 3.73. The number of halogens is 1. The van der Waals surface area contributed by atoms with Crippen LogP contribution in [0, 0.1) is 6.92 Å². The fraction of sp³-hybridized carbons (Fsp3) is 0.194. The van der Waals surface area contributed by atoms with Crippen molar-refractivity contribution in [3.8, 4) is 11.1 Å². The van der Waals surface area contributed by atoms with E-state index in [1.54, 1.807) is 0 Å². The van der Waals surface area contributed by atoms with Crippen molar-refractivity contribution >= 4 is 37.6 Å². The molecule has 1 atom stereocenters. The Morgan fingerprint density at radius 1 is 0.829 bits per heavy atom. The molecule has 1 unspecified atom stereocenters. The molecule has 176 valence electrons. The maximum absolute atomic E-state index is 12.6. The van der Waals surface area contributed by atoms with E-state index < -0.39 is 5.60 Å². The van der Waals surface area contributed by atoms with Crippen molar-refractivity contribution in [3.05, 3.63) is 112 Å². The Balaban J connectivity index is 1.79. The van der Waals surface area contributed by atoms with E-state index in [1.807, 2.05) is 63.5 Å². The monoisotopic (exact) mass is 524 g/mol. The smallest absolute Gasteiger partial charge is 0.119 e. The van der Waals surface area contributed by atoms with E-state index in [2.05, 4.69) is 69.4 Å². The molecule has 35 heavy (non-hydrogen) atoms. The highest BCUT2D eigenvalue weighted by Gasteiger charge is 2.35. The molecular formula is C31H29BrN2O. The Labute approximate surface area is 215 Å². The zero-order valence-electron chi connectivity index (χ0n) is 20.3. The first-order valence-electron chi connectivity index (χ1n) is 11.9. The number of aliphatic hydroxyl groups is 1. The van der Waals surface area contributed by atoms with Gasteiger partial charge in [0.05, 0.1) is 5.52 Å². The second-order valence-electron chi connectivity index (χ2n) is 9.45. The van der Waals surface area contributed by atoms with E-state index >= 15 is 0 Å². The summed E-state index contributed by atoms with van der Waals surface area (Å²) in [4.78, 5) is 7.21. The second-order valence-corrected chi connectivity index (χ2v) is 10.4. The highest BCUT2D eigenvalue weighted by atomic mass is 79.9. The largest absolute Gasteiger partial charge is 0.380 e. The van der Waals surface area contributed by atoms with Gasteiger partial charge in [-0.3, -0.25) is 4.98 Å². The molecular weight excluding hydrogens is 496 g/mol. The van der Waals surface area contributed by atoms with Gasteiger partial charge in [0.1, 0.15) is 5.60 Å². The lowest BCUT2D eigenvalue weighted by Crippen LogP contribution is -2.32. The van der Waals surface area contributed by atoms with Crippen molar-refractivity contribution in [2.75, 3.05) is 20.6 Å². The average molecular weight is 525 g/mol. The van der Waals surface area contributed by atoms with E-state index in [0.717, 1.165) is 60.6 Å². The molecule has 0 aliphatic heterocycles. The predicted octanol–water partition coefficient (Wildman–Crippen LogP) is 7.31.